The number of benzene rings is 2. The van der Waals surface area contributed by atoms with Crippen LogP contribution in [0.25, 0.3) is 11.1 Å². The van der Waals surface area contributed by atoms with Gasteiger partial charge < -0.3 is 5.53 Å². The molecule has 0 amide bonds. The van der Waals surface area contributed by atoms with E-state index in [2.05, 4.69) is 97.8 Å². The van der Waals surface area contributed by atoms with Crippen molar-refractivity contribution in [2.24, 2.45) is 0 Å². The van der Waals surface area contributed by atoms with E-state index in [0.717, 1.165) is 29.6 Å². The van der Waals surface area contributed by atoms with E-state index in [9.17, 15) is 0 Å². The molecule has 0 saturated carbocycles. The van der Waals surface area contributed by atoms with Crippen LogP contribution in [0, 0.1) is 13.8 Å². The fraction of sp³-hybridized carbons (Fsp3) is 0.429. The minimum atomic E-state index is 0.872. The van der Waals surface area contributed by atoms with Gasteiger partial charge in [0.05, 0.1) is 5.57 Å². The molecule has 0 radical (unpaired) electrons. The molecule has 2 rings (SSSR count). The molecule has 3 heteroatoms. The third-order valence-corrected chi connectivity index (χ3v) is 5.00. The molecule has 2 aromatic rings. The van der Waals surface area contributed by atoms with E-state index >= 15 is 0 Å². The summed E-state index contributed by atoms with van der Waals surface area (Å²) in [5.74, 6) is 6.93. The van der Waals surface area contributed by atoms with Gasteiger partial charge in [-0.15, -0.1) is 4.79 Å². The van der Waals surface area contributed by atoms with Crippen molar-refractivity contribution in [2.45, 2.75) is 77.5 Å². The van der Waals surface area contributed by atoms with E-state index in [1.807, 2.05) is 0 Å². The van der Waals surface area contributed by atoms with Crippen LogP contribution in [0.4, 0.5) is 0 Å². The van der Waals surface area contributed by atoms with E-state index in [0.29, 0.717) is 0 Å². The summed E-state index contributed by atoms with van der Waals surface area (Å²) in [5.41, 5.74) is 16.0. The molecule has 0 aliphatic carbocycles. The van der Waals surface area contributed by atoms with Crippen molar-refractivity contribution in [2.75, 3.05) is 0 Å². The molecular formula is C28H38N2Ni. The summed E-state index contributed by atoms with van der Waals surface area (Å²) in [7, 11) is 0. The van der Waals surface area contributed by atoms with Crippen LogP contribution in [-0.4, -0.2) is 10.7 Å². The van der Waals surface area contributed by atoms with E-state index in [1.165, 1.54) is 48.8 Å². The summed E-state index contributed by atoms with van der Waals surface area (Å²) >= 11 is 1.62. The van der Waals surface area contributed by atoms with Gasteiger partial charge in [0.15, 0.2) is 0 Å². The van der Waals surface area contributed by atoms with Crippen LogP contribution in [0.3, 0.4) is 0 Å². The molecule has 0 fully saturated rings. The zero-order valence-electron chi connectivity index (χ0n) is 19.9. The monoisotopic (exact) mass is 460 g/mol. The molecule has 170 valence electrons. The van der Waals surface area contributed by atoms with Crippen molar-refractivity contribution >= 4 is 11.4 Å². The van der Waals surface area contributed by atoms with Gasteiger partial charge >= 0.3 is 32.1 Å². The van der Waals surface area contributed by atoms with Gasteiger partial charge in [-0.05, 0) is 49.5 Å². The third kappa shape index (κ3) is 11.1. The topological polar surface area (TPSA) is 36.4 Å². The summed E-state index contributed by atoms with van der Waals surface area (Å²) in [6.45, 7) is 6.45. The predicted octanol–water partition coefficient (Wildman–Crippen LogP) is 8.48. The van der Waals surface area contributed by atoms with Gasteiger partial charge in [0, 0.05) is 0 Å². The normalized spacial score (nSPS) is 10.7. The second-order valence-corrected chi connectivity index (χ2v) is 8.85. The van der Waals surface area contributed by atoms with Gasteiger partial charge in [-0.3, -0.25) is 0 Å². The molecule has 2 aromatic carbocycles. The molecule has 0 spiro atoms. The maximum absolute atomic E-state index is 9.11. The average Bonchev–Trinajstić information content (AvgIpc) is 2.75. The fourth-order valence-corrected chi connectivity index (χ4v) is 3.37. The Balaban J connectivity index is 0.00000151. The number of hydrogen-bond acceptors (Lipinski definition) is 0. The third-order valence-electron chi connectivity index (χ3n) is 5.00. The Morgan fingerprint density at radius 2 is 1.55 bits per heavy atom. The molecule has 0 aromatic heterocycles. The van der Waals surface area contributed by atoms with Gasteiger partial charge in [-0.1, -0.05) is 98.7 Å². The fourth-order valence-electron chi connectivity index (χ4n) is 3.37. The van der Waals surface area contributed by atoms with E-state index in [1.54, 1.807) is 14.4 Å². The van der Waals surface area contributed by atoms with Gasteiger partial charge in [0.25, 0.3) is 0 Å². The Kier molecular flexibility index (Phi) is 14.3. The second-order valence-electron chi connectivity index (χ2n) is 7.86. The Labute approximate surface area is 195 Å². The molecule has 0 aliphatic rings. The Morgan fingerprint density at radius 1 is 0.903 bits per heavy atom. The van der Waals surface area contributed by atoms with Crippen LogP contribution in [0.15, 0.2) is 60.2 Å². The Bertz CT molecular complexity index is 883. The zero-order chi connectivity index (χ0) is 22.9. The van der Waals surface area contributed by atoms with Crippen molar-refractivity contribution in [3.63, 3.8) is 0 Å². The van der Waals surface area contributed by atoms with E-state index in [4.69, 9.17) is 5.53 Å². The SMILES string of the molecule is CCCCCCCCC(=C=[N+]=[N-])C=C(c1ccc(C)cc1)c1cccc(C)c1.[CH3][Ni][CH3]. The molecule has 2 nitrogen and oxygen atoms in total. The van der Waals surface area contributed by atoms with Crippen LogP contribution in [0.5, 0.6) is 0 Å². The van der Waals surface area contributed by atoms with Crippen LogP contribution < -0.4 is 0 Å². The number of aryl methyl sites for hydroxylation is 2. The molecule has 0 bridgehead atoms. The van der Waals surface area contributed by atoms with Crippen LogP contribution >= 0.6 is 0 Å². The number of allylic oxidation sites excluding steroid dienone is 2. The van der Waals surface area contributed by atoms with E-state index < -0.39 is 0 Å². The first-order valence-corrected chi connectivity index (χ1v) is 13.1. The first-order valence-electron chi connectivity index (χ1n) is 11.1. The van der Waals surface area contributed by atoms with Gasteiger partial charge in [0.1, 0.15) is 0 Å². The van der Waals surface area contributed by atoms with Gasteiger partial charge in [-0.2, -0.15) is 0 Å². The first kappa shape index (κ1) is 26.9. The van der Waals surface area contributed by atoms with Gasteiger partial charge in [0.2, 0.25) is 0 Å². The molecule has 0 N–H and O–H groups in total. The number of hydrogen-bond donors (Lipinski definition) is 0. The van der Waals surface area contributed by atoms with Crippen LogP contribution in [0.1, 0.15) is 74.1 Å². The maximum atomic E-state index is 9.11. The summed E-state index contributed by atoms with van der Waals surface area (Å²) in [5, 5.41) is 0. The standard InChI is InChI=1S/C26H32N2.2CH3.Ni/c1-4-5-6-7-8-9-12-23(20-28-27)19-26(24-16-14-21(2)15-17-24)25-13-10-11-22(3)18-25;;;/h10-11,13-19H,4-9,12H2,1-3H3;2*1H3;. The number of nitrogens with zero attached hydrogens (tertiary/aromatic N) is 2. The van der Waals surface area contributed by atoms with E-state index in [-0.39, 0.29) is 0 Å². The van der Waals surface area contributed by atoms with Crippen LogP contribution in [0.2, 0.25) is 11.8 Å². The second kappa shape index (κ2) is 16.5. The summed E-state index contributed by atoms with van der Waals surface area (Å²) < 4.78 is 0. The van der Waals surface area contributed by atoms with Crippen molar-refractivity contribution in [3.05, 3.63) is 88.0 Å². The predicted molar refractivity (Wildman–Crippen MR) is 131 cm³/mol. The van der Waals surface area contributed by atoms with Crippen molar-refractivity contribution in [1.82, 2.24) is 0 Å². The quantitative estimate of drug-likeness (QED) is 0.0850. The Morgan fingerprint density at radius 3 is 2.16 bits per heavy atom. The van der Waals surface area contributed by atoms with Crippen molar-refractivity contribution in [1.29, 1.82) is 0 Å². The van der Waals surface area contributed by atoms with Gasteiger partial charge in [-0.25, -0.2) is 0 Å². The van der Waals surface area contributed by atoms with Crippen molar-refractivity contribution in [3.8, 4) is 0 Å². The molecule has 0 saturated heterocycles. The number of unbranched alkanes of at least 4 members (excludes halogenated alkanes) is 5. The molecule has 0 aliphatic heterocycles. The average molecular weight is 461 g/mol. The first-order chi connectivity index (χ1) is 15.0. The molecule has 0 unspecified atom stereocenters. The van der Waals surface area contributed by atoms with Crippen molar-refractivity contribution < 1.29 is 19.2 Å². The zero-order valence-corrected chi connectivity index (χ0v) is 20.8. The summed E-state index contributed by atoms with van der Waals surface area (Å²) in [6.07, 6.45) is 10.4. The molecular weight excluding hydrogens is 423 g/mol. The molecule has 0 heterocycles. The number of rotatable bonds is 10. The Hall–Kier alpha value is -2.17. The van der Waals surface area contributed by atoms with Crippen LogP contribution in [-0.2, 0) is 14.4 Å². The summed E-state index contributed by atoms with van der Waals surface area (Å²) in [6, 6.07) is 17.1. The molecule has 0 atom stereocenters. The molecule has 31 heavy (non-hydrogen) atoms. The summed E-state index contributed by atoms with van der Waals surface area (Å²) in [4.78, 5) is 3.20. The minimum absolute atomic E-state index is 0.872.